The van der Waals surface area contributed by atoms with Crippen molar-refractivity contribution in [1.29, 1.82) is 0 Å². The van der Waals surface area contributed by atoms with E-state index in [1.165, 1.54) is 17.3 Å². The summed E-state index contributed by atoms with van der Waals surface area (Å²) in [5.74, 6) is 0.642. The van der Waals surface area contributed by atoms with Crippen LogP contribution in [0, 0.1) is 0 Å². The van der Waals surface area contributed by atoms with Gasteiger partial charge in [0.2, 0.25) is 0 Å². The summed E-state index contributed by atoms with van der Waals surface area (Å²) in [7, 11) is 0. The first-order valence-electron chi connectivity index (χ1n) is 7.80. The Labute approximate surface area is 158 Å². The van der Waals surface area contributed by atoms with E-state index in [-0.39, 0.29) is 5.11 Å². The van der Waals surface area contributed by atoms with Crippen molar-refractivity contribution in [3.63, 3.8) is 0 Å². The lowest BCUT2D eigenvalue weighted by Crippen LogP contribution is -2.30. The summed E-state index contributed by atoms with van der Waals surface area (Å²) in [6, 6.07) is 17.1. The normalized spacial score (nSPS) is 11.7. The van der Waals surface area contributed by atoms with Gasteiger partial charge in [0, 0.05) is 5.56 Å². The van der Waals surface area contributed by atoms with Gasteiger partial charge in [-0.25, -0.2) is 5.01 Å². The highest BCUT2D eigenvalue weighted by molar-refractivity contribution is 7.80. The van der Waals surface area contributed by atoms with Gasteiger partial charge in [-0.3, -0.25) is 0 Å². The van der Waals surface area contributed by atoms with E-state index in [4.69, 9.17) is 22.4 Å². The maximum Gasteiger partial charge on any atom is 0.416 e. The lowest BCUT2D eigenvalue weighted by Gasteiger charge is -2.15. The topological polar surface area (TPSA) is 54.8 Å². The highest BCUT2D eigenvalue weighted by Gasteiger charge is 2.30. The number of para-hydroxylation sites is 1. The van der Waals surface area contributed by atoms with Gasteiger partial charge >= 0.3 is 6.18 Å². The number of hydrazone groups is 1. The minimum Gasteiger partial charge on any atom is -0.455 e. The molecule has 0 saturated heterocycles. The van der Waals surface area contributed by atoms with Gasteiger partial charge in [-0.05, 0) is 48.6 Å². The van der Waals surface area contributed by atoms with Crippen LogP contribution in [-0.4, -0.2) is 11.3 Å². The molecule has 3 rings (SSSR count). The lowest BCUT2D eigenvalue weighted by molar-refractivity contribution is -0.137. The Morgan fingerprint density at radius 2 is 1.78 bits per heavy atom. The minimum absolute atomic E-state index is 0.0436. The number of halogens is 3. The number of benzene rings is 2. The Balaban J connectivity index is 1.84. The van der Waals surface area contributed by atoms with Gasteiger partial charge in [0.1, 0.15) is 11.5 Å². The Bertz CT molecular complexity index is 968. The average Bonchev–Trinajstić information content (AvgIpc) is 3.11. The van der Waals surface area contributed by atoms with Gasteiger partial charge in [-0.15, -0.1) is 0 Å². The molecule has 0 aliphatic heterocycles. The second kappa shape index (κ2) is 7.63. The minimum atomic E-state index is -4.42. The molecule has 0 aliphatic rings. The fourth-order valence-corrected chi connectivity index (χ4v) is 2.51. The summed E-state index contributed by atoms with van der Waals surface area (Å²) >= 11 is 5.00. The molecule has 0 fully saturated rings. The zero-order valence-electron chi connectivity index (χ0n) is 13.9. The number of nitrogens with zero attached hydrogens (tertiary/aromatic N) is 2. The Hall–Kier alpha value is -3.13. The number of nitrogens with two attached hydrogens (primary N) is 1. The average molecular weight is 389 g/mol. The zero-order chi connectivity index (χ0) is 19.4. The third-order valence-electron chi connectivity index (χ3n) is 3.61. The van der Waals surface area contributed by atoms with E-state index in [9.17, 15) is 13.2 Å². The second-order valence-corrected chi connectivity index (χ2v) is 5.93. The van der Waals surface area contributed by atoms with Crippen LogP contribution in [0.1, 0.15) is 11.3 Å². The maximum atomic E-state index is 12.9. The molecule has 2 N–H and O–H groups in total. The van der Waals surface area contributed by atoms with E-state index >= 15 is 0 Å². The number of alkyl halides is 3. The molecule has 0 radical (unpaired) electrons. The van der Waals surface area contributed by atoms with Gasteiger partial charge in [-0.1, -0.05) is 30.3 Å². The van der Waals surface area contributed by atoms with Gasteiger partial charge in [-0.2, -0.15) is 18.3 Å². The predicted molar refractivity (Wildman–Crippen MR) is 102 cm³/mol. The molecule has 2 aromatic carbocycles. The number of rotatable bonds is 4. The van der Waals surface area contributed by atoms with Crippen LogP contribution in [0.25, 0.3) is 11.3 Å². The Kier molecular flexibility index (Phi) is 5.27. The van der Waals surface area contributed by atoms with Gasteiger partial charge in [0.05, 0.1) is 17.5 Å². The largest absolute Gasteiger partial charge is 0.455 e. The van der Waals surface area contributed by atoms with Crippen molar-refractivity contribution in [2.24, 2.45) is 10.8 Å². The van der Waals surface area contributed by atoms with Crippen molar-refractivity contribution < 1.29 is 17.6 Å². The number of hydrogen-bond acceptors (Lipinski definition) is 3. The van der Waals surface area contributed by atoms with E-state index in [0.717, 1.165) is 12.1 Å². The highest BCUT2D eigenvalue weighted by atomic mass is 32.1. The molecule has 27 heavy (non-hydrogen) atoms. The number of thiocarbonyl (C=S) groups is 1. The molecule has 1 heterocycles. The molecule has 0 amide bonds. The quantitative estimate of drug-likeness (QED) is 0.385. The predicted octanol–water partition coefficient (Wildman–Crippen LogP) is 5.05. The first-order valence-corrected chi connectivity index (χ1v) is 8.21. The summed E-state index contributed by atoms with van der Waals surface area (Å²) in [6.45, 7) is 0. The molecule has 1 aromatic heterocycles. The summed E-state index contributed by atoms with van der Waals surface area (Å²) in [5, 5.41) is 5.59. The zero-order valence-corrected chi connectivity index (χ0v) is 14.7. The van der Waals surface area contributed by atoms with E-state index in [1.807, 2.05) is 18.2 Å². The number of hydrogen-bond donors (Lipinski definition) is 1. The SMILES string of the molecule is NC(=S)N(/N=C/c1ccc(-c2cccc(C(F)(F)F)c2)o1)c1ccccc1. The summed E-state index contributed by atoms with van der Waals surface area (Å²) in [6.07, 6.45) is -3.02. The molecule has 0 aliphatic carbocycles. The van der Waals surface area contributed by atoms with Crippen LogP contribution in [0.15, 0.2) is 76.2 Å². The van der Waals surface area contributed by atoms with Crippen LogP contribution < -0.4 is 10.7 Å². The molecular weight excluding hydrogens is 375 g/mol. The second-order valence-electron chi connectivity index (χ2n) is 5.51. The smallest absolute Gasteiger partial charge is 0.416 e. The van der Waals surface area contributed by atoms with Gasteiger partial charge in [0.25, 0.3) is 0 Å². The fraction of sp³-hybridized carbons (Fsp3) is 0.0526. The molecule has 8 heteroatoms. The van der Waals surface area contributed by atoms with Gasteiger partial charge < -0.3 is 10.2 Å². The maximum absolute atomic E-state index is 12.9. The van der Waals surface area contributed by atoms with Crippen LogP contribution in [0.3, 0.4) is 0 Å². The van der Waals surface area contributed by atoms with Crippen molar-refractivity contribution in [3.05, 3.63) is 78.1 Å². The molecule has 138 valence electrons. The lowest BCUT2D eigenvalue weighted by atomic mass is 10.1. The molecule has 0 bridgehead atoms. The van der Waals surface area contributed by atoms with Crippen LogP contribution in [0.5, 0.6) is 0 Å². The summed E-state index contributed by atoms with van der Waals surface area (Å²) in [5.41, 5.74) is 5.94. The Morgan fingerprint density at radius 3 is 2.44 bits per heavy atom. The van der Waals surface area contributed by atoms with E-state index < -0.39 is 11.7 Å². The van der Waals surface area contributed by atoms with Crippen molar-refractivity contribution >= 4 is 29.2 Å². The standard InChI is InChI=1S/C19H14F3N3OS/c20-19(21,22)14-6-4-5-13(11-14)17-10-9-16(26-17)12-24-25(18(23)27)15-7-2-1-3-8-15/h1-12H,(H2,23,27)/b24-12+. The monoisotopic (exact) mass is 389 g/mol. The van der Waals surface area contributed by atoms with Crippen molar-refractivity contribution in [1.82, 2.24) is 0 Å². The molecule has 0 spiro atoms. The molecule has 4 nitrogen and oxygen atoms in total. The number of furan rings is 1. The number of anilines is 1. The molecule has 3 aromatic rings. The first-order chi connectivity index (χ1) is 12.8. The van der Waals surface area contributed by atoms with Crippen molar-refractivity contribution in [2.45, 2.75) is 6.18 Å². The third-order valence-corrected chi connectivity index (χ3v) is 3.78. The summed E-state index contributed by atoms with van der Waals surface area (Å²) in [4.78, 5) is 0. The van der Waals surface area contributed by atoms with Crippen LogP contribution in [0.2, 0.25) is 0 Å². The van der Waals surface area contributed by atoms with E-state index in [0.29, 0.717) is 22.8 Å². The van der Waals surface area contributed by atoms with Crippen molar-refractivity contribution in [2.75, 3.05) is 5.01 Å². The van der Waals surface area contributed by atoms with E-state index in [2.05, 4.69) is 5.10 Å². The van der Waals surface area contributed by atoms with Gasteiger partial charge in [0.15, 0.2) is 5.11 Å². The summed E-state index contributed by atoms with van der Waals surface area (Å²) < 4.78 is 44.1. The Morgan fingerprint density at radius 1 is 1.04 bits per heavy atom. The third kappa shape index (κ3) is 4.53. The molecular formula is C19H14F3N3OS. The molecule has 0 atom stereocenters. The van der Waals surface area contributed by atoms with Crippen LogP contribution in [0.4, 0.5) is 18.9 Å². The van der Waals surface area contributed by atoms with Crippen molar-refractivity contribution in [3.8, 4) is 11.3 Å². The van der Waals surface area contributed by atoms with E-state index in [1.54, 1.807) is 30.3 Å². The fourth-order valence-electron chi connectivity index (χ4n) is 2.36. The molecule has 0 saturated carbocycles. The van der Waals surface area contributed by atoms with Crippen LogP contribution in [-0.2, 0) is 6.18 Å². The highest BCUT2D eigenvalue weighted by Crippen LogP contribution is 2.32. The first kappa shape index (κ1) is 18.7. The van der Waals surface area contributed by atoms with Crippen LogP contribution >= 0.6 is 12.2 Å². The molecule has 0 unspecified atom stereocenters.